The van der Waals surface area contributed by atoms with E-state index in [1.165, 1.54) is 121 Å². The molecule has 0 radical (unpaired) electrons. The molecular weight excluding hydrogens is 451 g/mol. The molecule has 0 atom stereocenters. The third-order valence-electron chi connectivity index (χ3n) is 7.02. The van der Waals surface area contributed by atoms with Gasteiger partial charge in [-0.2, -0.15) is 0 Å². The van der Waals surface area contributed by atoms with Gasteiger partial charge in [-0.1, -0.05) is 124 Å². The molecule has 0 amide bonds. The van der Waals surface area contributed by atoms with Crippen LogP contribution in [-0.2, 0) is 12.8 Å². The molecule has 0 aliphatic heterocycles. The summed E-state index contributed by atoms with van der Waals surface area (Å²) in [6, 6.07) is 14.0. The smallest absolute Gasteiger partial charge is 0.0883 e. The predicted octanol–water partition coefficient (Wildman–Crippen LogP) is 8.82. The molecule has 172 valence electrons. The van der Waals surface area contributed by atoms with E-state index < -0.39 is 0 Å². The van der Waals surface area contributed by atoms with Gasteiger partial charge in [0.15, 0.2) is 0 Å². The number of aryl methyl sites for hydroxylation is 2. The summed E-state index contributed by atoms with van der Waals surface area (Å²) < 4.78 is 1.20. The Kier molecular flexibility index (Phi) is 10.6. The zero-order chi connectivity index (χ0) is 22.8. The van der Waals surface area contributed by atoms with Crippen LogP contribution in [0.1, 0.15) is 102 Å². The summed E-state index contributed by atoms with van der Waals surface area (Å²) >= 11 is 3.77. The molecule has 0 fully saturated rings. The quantitative estimate of drug-likeness (QED) is 0.120. The highest BCUT2D eigenvalue weighted by molar-refractivity contribution is 9.10. The van der Waals surface area contributed by atoms with E-state index in [1.807, 2.05) is 0 Å². The summed E-state index contributed by atoms with van der Waals surface area (Å²) in [4.78, 5) is 0. The van der Waals surface area contributed by atoms with Crippen LogP contribution in [0, 0.1) is 0 Å². The molecule has 3 aromatic rings. The molecule has 0 aliphatic carbocycles. The van der Waals surface area contributed by atoms with Gasteiger partial charge in [0.05, 0.1) is 0 Å². The lowest BCUT2D eigenvalue weighted by Gasteiger charge is -2.19. The Bertz CT molecular complexity index is 910. The van der Waals surface area contributed by atoms with Crippen molar-refractivity contribution in [3.63, 3.8) is 0 Å². The minimum absolute atomic E-state index is 1.20. The maximum absolute atomic E-state index is 3.77. The van der Waals surface area contributed by atoms with E-state index in [0.29, 0.717) is 0 Å². The first kappa shape index (κ1) is 25.3. The molecule has 0 aromatic heterocycles. The lowest BCUT2D eigenvalue weighted by atomic mass is 9.84. The molecule has 0 nitrogen and oxygen atoms in total. The minimum atomic E-state index is 1.20. The predicted molar refractivity (Wildman–Crippen MR) is 151 cm³/mol. The summed E-state index contributed by atoms with van der Waals surface area (Å²) in [6.45, 7) is 4.60. The fraction of sp³-hybridized carbons (Fsp3) is 0.533. The number of halogens is 1. The van der Waals surface area contributed by atoms with Gasteiger partial charge in [-0.15, -0.1) is 0 Å². The van der Waals surface area contributed by atoms with Crippen molar-refractivity contribution >= 4 is 50.8 Å². The normalized spacial score (nSPS) is 11.6. The second kappa shape index (κ2) is 13.4. The molecule has 32 heavy (non-hydrogen) atoms. The van der Waals surface area contributed by atoms with Gasteiger partial charge in [-0.3, -0.25) is 0 Å². The van der Waals surface area contributed by atoms with E-state index in [4.69, 9.17) is 0 Å². The van der Waals surface area contributed by atoms with E-state index in [1.54, 1.807) is 11.1 Å². The molecule has 3 rings (SSSR count). The van der Waals surface area contributed by atoms with E-state index in [2.05, 4.69) is 74.0 Å². The Morgan fingerprint density at radius 2 is 1.03 bits per heavy atom. The Labute approximate surface area is 206 Å². The van der Waals surface area contributed by atoms with Crippen LogP contribution in [0.3, 0.4) is 0 Å². The zero-order valence-corrected chi connectivity index (χ0v) is 22.3. The lowest BCUT2D eigenvalue weighted by Crippen LogP contribution is -2.05. The zero-order valence-electron chi connectivity index (χ0n) is 20.7. The highest BCUT2D eigenvalue weighted by Crippen LogP contribution is 2.36. The van der Waals surface area contributed by atoms with Crippen molar-refractivity contribution in [2.24, 2.45) is 0 Å². The van der Waals surface area contributed by atoms with Crippen LogP contribution >= 0.6 is 15.9 Å². The summed E-state index contributed by atoms with van der Waals surface area (Å²) in [6.07, 6.45) is 18.8. The average molecular weight is 493 g/mol. The largest absolute Gasteiger partial charge is 0.139 e. The highest BCUT2D eigenvalue weighted by atomic mass is 79.9. The van der Waals surface area contributed by atoms with Crippen LogP contribution in [-0.4, -0.2) is 7.85 Å². The molecular formula is C30H42BBr. The molecule has 0 unspecified atom stereocenters. The first-order chi connectivity index (χ1) is 15.7. The summed E-state index contributed by atoms with van der Waals surface area (Å²) in [5.41, 5.74) is 4.64. The van der Waals surface area contributed by atoms with Gasteiger partial charge in [0.2, 0.25) is 0 Å². The average Bonchev–Trinajstić information content (AvgIpc) is 2.79. The Morgan fingerprint density at radius 1 is 0.562 bits per heavy atom. The molecule has 0 spiro atoms. The van der Waals surface area contributed by atoms with Crippen molar-refractivity contribution in [3.8, 4) is 0 Å². The van der Waals surface area contributed by atoms with E-state index in [-0.39, 0.29) is 0 Å². The Hall–Kier alpha value is -1.28. The van der Waals surface area contributed by atoms with E-state index >= 15 is 0 Å². The van der Waals surface area contributed by atoms with Crippen LogP contribution in [0.4, 0.5) is 0 Å². The number of fused-ring (bicyclic) bond motifs is 3. The van der Waals surface area contributed by atoms with Crippen LogP contribution in [0.25, 0.3) is 21.5 Å². The number of unbranched alkanes of at least 4 members (excludes halogenated alkanes) is 10. The third kappa shape index (κ3) is 6.86. The molecule has 0 aliphatic rings. The molecule has 3 aromatic carbocycles. The SMILES string of the molecule is Bc1ccc2c(c1)c(CCCCCCCC)c(CCCCCCCC)c1cc(Br)ccc12. The first-order valence-corrected chi connectivity index (χ1v) is 14.1. The van der Waals surface area contributed by atoms with Crippen molar-refractivity contribution in [1.82, 2.24) is 0 Å². The highest BCUT2D eigenvalue weighted by Gasteiger charge is 2.15. The summed E-state index contributed by atoms with van der Waals surface area (Å²) in [5, 5.41) is 5.85. The van der Waals surface area contributed by atoms with Crippen molar-refractivity contribution < 1.29 is 0 Å². The molecule has 0 saturated carbocycles. The molecule has 0 saturated heterocycles. The van der Waals surface area contributed by atoms with Crippen molar-refractivity contribution in [2.75, 3.05) is 0 Å². The van der Waals surface area contributed by atoms with Gasteiger partial charge in [0, 0.05) is 4.47 Å². The minimum Gasteiger partial charge on any atom is -0.0883 e. The maximum atomic E-state index is 3.77. The topological polar surface area (TPSA) is 0 Å². The van der Waals surface area contributed by atoms with Crippen molar-refractivity contribution in [3.05, 3.63) is 52.0 Å². The van der Waals surface area contributed by atoms with Gasteiger partial charge < -0.3 is 0 Å². The Balaban J connectivity index is 1.93. The number of hydrogen-bond acceptors (Lipinski definition) is 0. The number of hydrogen-bond donors (Lipinski definition) is 0. The molecule has 0 heterocycles. The lowest BCUT2D eigenvalue weighted by molar-refractivity contribution is 0.600. The van der Waals surface area contributed by atoms with Gasteiger partial charge in [0.1, 0.15) is 7.85 Å². The number of rotatable bonds is 14. The fourth-order valence-electron chi connectivity index (χ4n) is 5.20. The second-order valence-electron chi connectivity index (χ2n) is 9.73. The van der Waals surface area contributed by atoms with Crippen LogP contribution < -0.4 is 5.46 Å². The fourth-order valence-corrected chi connectivity index (χ4v) is 5.57. The number of benzene rings is 3. The molecule has 2 heteroatoms. The molecule has 0 bridgehead atoms. The van der Waals surface area contributed by atoms with E-state index in [0.717, 1.165) is 0 Å². The second-order valence-corrected chi connectivity index (χ2v) is 10.6. The molecule has 0 N–H and O–H groups in total. The van der Waals surface area contributed by atoms with Crippen LogP contribution in [0.5, 0.6) is 0 Å². The first-order valence-electron chi connectivity index (χ1n) is 13.3. The van der Waals surface area contributed by atoms with Gasteiger partial charge >= 0.3 is 0 Å². The monoisotopic (exact) mass is 492 g/mol. The summed E-state index contributed by atoms with van der Waals surface area (Å²) in [7, 11) is 2.24. The van der Waals surface area contributed by atoms with Crippen molar-refractivity contribution in [1.29, 1.82) is 0 Å². The van der Waals surface area contributed by atoms with Crippen LogP contribution in [0.15, 0.2) is 40.9 Å². The third-order valence-corrected chi connectivity index (χ3v) is 7.52. The van der Waals surface area contributed by atoms with E-state index in [9.17, 15) is 0 Å². The Morgan fingerprint density at radius 3 is 1.59 bits per heavy atom. The van der Waals surface area contributed by atoms with Crippen LogP contribution in [0.2, 0.25) is 0 Å². The maximum Gasteiger partial charge on any atom is 0.139 e. The van der Waals surface area contributed by atoms with Gasteiger partial charge in [0.25, 0.3) is 0 Å². The van der Waals surface area contributed by atoms with Gasteiger partial charge in [-0.25, -0.2) is 0 Å². The van der Waals surface area contributed by atoms with Gasteiger partial charge in [-0.05, 0) is 70.5 Å². The van der Waals surface area contributed by atoms with Crippen molar-refractivity contribution in [2.45, 2.75) is 104 Å². The summed E-state index contributed by atoms with van der Waals surface area (Å²) in [5.74, 6) is 0. The standard InChI is InChI=1S/C30H42BBr/c1-3-5-7-9-11-13-15-25-26(16-14-12-10-8-6-4-2)30-22-24(32)18-20-28(30)27-19-17-23(31)21-29(25)27/h17-22H,3-16,31H2,1-2H3.